The Morgan fingerprint density at radius 2 is 0.439 bits per heavy atom. The summed E-state index contributed by atoms with van der Waals surface area (Å²) in [5.74, 6) is -0.862. The number of rotatable bonds is 66. The summed E-state index contributed by atoms with van der Waals surface area (Å²) in [6, 6.07) is 0. The molecule has 0 aromatic carbocycles. The SMILES string of the molecule is CCCCCCC/C=C\C/C=C\C/C=C\CCCCCCCCCCCCCCC(=O)OCC(COC(=O)CCCCCCCCCCCCCCCC)OC(=O)CCCCCCCCCC/C=C\C/C=C\C/C=C\CCCCCCC. The molecule has 0 fully saturated rings. The van der Waals surface area contributed by atoms with Gasteiger partial charge in [0.25, 0.3) is 0 Å². The van der Waals surface area contributed by atoms with Crippen molar-refractivity contribution in [3.8, 4) is 0 Å². The van der Waals surface area contributed by atoms with Crippen LogP contribution in [0.1, 0.15) is 374 Å². The molecule has 0 aromatic heterocycles. The molecule has 0 amide bonds. The lowest BCUT2D eigenvalue weighted by Crippen LogP contribution is -2.30. The molecule has 0 aromatic rings. The second kappa shape index (κ2) is 70.3. The number of allylic oxidation sites excluding steroid dienone is 12. The van der Waals surface area contributed by atoms with Crippen molar-refractivity contribution in [2.45, 2.75) is 380 Å². The van der Waals surface area contributed by atoms with Crippen molar-refractivity contribution in [2.24, 2.45) is 0 Å². The van der Waals surface area contributed by atoms with Crippen molar-refractivity contribution in [3.63, 3.8) is 0 Å². The van der Waals surface area contributed by atoms with E-state index in [0.29, 0.717) is 19.3 Å². The predicted octanol–water partition coefficient (Wildman–Crippen LogP) is 24.8. The van der Waals surface area contributed by atoms with Crippen molar-refractivity contribution in [1.29, 1.82) is 0 Å². The smallest absolute Gasteiger partial charge is 0.306 e. The molecular weight excluding hydrogens is 1010 g/mol. The molecule has 0 bridgehead atoms. The van der Waals surface area contributed by atoms with E-state index in [1.807, 2.05) is 0 Å². The minimum Gasteiger partial charge on any atom is -0.462 e. The molecule has 0 radical (unpaired) electrons. The molecule has 1 atom stereocenters. The number of hydrogen-bond acceptors (Lipinski definition) is 6. The topological polar surface area (TPSA) is 78.9 Å². The van der Waals surface area contributed by atoms with E-state index >= 15 is 0 Å². The second-order valence-corrected chi connectivity index (χ2v) is 24.1. The van der Waals surface area contributed by atoms with Gasteiger partial charge in [-0.05, 0) is 96.3 Å². The zero-order chi connectivity index (χ0) is 59.2. The van der Waals surface area contributed by atoms with Crippen LogP contribution < -0.4 is 0 Å². The summed E-state index contributed by atoms with van der Waals surface area (Å²) in [7, 11) is 0. The highest BCUT2D eigenvalue weighted by Crippen LogP contribution is 2.17. The van der Waals surface area contributed by atoms with Crippen LogP contribution in [0, 0.1) is 0 Å². The van der Waals surface area contributed by atoms with Gasteiger partial charge >= 0.3 is 17.9 Å². The van der Waals surface area contributed by atoms with E-state index in [9.17, 15) is 14.4 Å². The summed E-state index contributed by atoms with van der Waals surface area (Å²) in [5, 5.41) is 0. The van der Waals surface area contributed by atoms with Gasteiger partial charge in [-0.15, -0.1) is 0 Å². The molecule has 0 saturated carbocycles. The van der Waals surface area contributed by atoms with Crippen LogP contribution in [0.4, 0.5) is 0 Å². The van der Waals surface area contributed by atoms with Crippen LogP contribution in [0.25, 0.3) is 0 Å². The molecule has 82 heavy (non-hydrogen) atoms. The lowest BCUT2D eigenvalue weighted by molar-refractivity contribution is -0.167. The molecule has 0 aliphatic rings. The average Bonchev–Trinajstić information content (AvgIpc) is 3.48. The molecule has 0 rings (SSSR count). The van der Waals surface area contributed by atoms with Gasteiger partial charge in [0, 0.05) is 19.3 Å². The van der Waals surface area contributed by atoms with Crippen LogP contribution in [0.2, 0.25) is 0 Å². The van der Waals surface area contributed by atoms with Gasteiger partial charge in [0.15, 0.2) is 6.10 Å². The summed E-state index contributed by atoms with van der Waals surface area (Å²) in [6.45, 7) is 6.66. The maximum atomic E-state index is 13.0. The molecule has 0 spiro atoms. The van der Waals surface area contributed by atoms with Crippen LogP contribution in [0.5, 0.6) is 0 Å². The molecule has 0 aliphatic heterocycles. The van der Waals surface area contributed by atoms with Crippen LogP contribution in [0.15, 0.2) is 72.9 Å². The Kier molecular flexibility index (Phi) is 67.6. The fraction of sp³-hybridized carbons (Fsp3) is 0.803. The summed E-state index contributed by atoms with van der Waals surface area (Å²) in [4.78, 5) is 38.5. The van der Waals surface area contributed by atoms with Crippen molar-refractivity contribution < 1.29 is 28.6 Å². The van der Waals surface area contributed by atoms with Gasteiger partial charge in [-0.1, -0.05) is 331 Å². The monoisotopic (exact) mass is 1150 g/mol. The third-order valence-electron chi connectivity index (χ3n) is 15.9. The molecule has 6 nitrogen and oxygen atoms in total. The quantitative estimate of drug-likeness (QED) is 0.0261. The van der Waals surface area contributed by atoms with Crippen LogP contribution >= 0.6 is 0 Å². The van der Waals surface area contributed by atoms with Gasteiger partial charge in [-0.2, -0.15) is 0 Å². The van der Waals surface area contributed by atoms with Crippen molar-refractivity contribution in [2.75, 3.05) is 13.2 Å². The highest BCUT2D eigenvalue weighted by atomic mass is 16.6. The number of unbranched alkanes of at least 4 members (excludes halogenated alkanes) is 43. The number of carbonyl (C=O) groups excluding carboxylic acids is 3. The zero-order valence-corrected chi connectivity index (χ0v) is 54.8. The summed E-state index contributed by atoms with van der Waals surface area (Å²) < 4.78 is 17.0. The molecular formula is C76H136O6. The van der Waals surface area contributed by atoms with Gasteiger partial charge in [0.05, 0.1) is 0 Å². The Balaban J connectivity index is 4.30. The van der Waals surface area contributed by atoms with Crippen LogP contribution in [0.3, 0.4) is 0 Å². The molecule has 0 heterocycles. The Hall–Kier alpha value is -3.15. The Bertz CT molecular complexity index is 1500. The summed E-state index contributed by atoms with van der Waals surface area (Å²) >= 11 is 0. The van der Waals surface area contributed by atoms with Gasteiger partial charge < -0.3 is 14.2 Å². The molecule has 0 N–H and O–H groups in total. The highest BCUT2D eigenvalue weighted by Gasteiger charge is 2.19. The Labute approximate surface area is 510 Å². The lowest BCUT2D eigenvalue weighted by atomic mass is 10.0. The molecule has 0 aliphatic carbocycles. The number of carbonyl (C=O) groups is 3. The van der Waals surface area contributed by atoms with Crippen molar-refractivity contribution in [1.82, 2.24) is 0 Å². The standard InChI is InChI=1S/C76H136O6/c1-4-7-10-13-16-19-22-25-28-30-32-34-36-37-38-39-41-42-44-46-48-51-54-57-60-63-66-69-75(78)81-72-73(71-80-74(77)68-65-62-59-56-53-50-27-24-21-18-15-12-9-6-3)82-76(79)70-67-64-61-58-55-52-49-47-45-43-40-35-33-31-29-26-23-20-17-14-11-8-5-2/h22-23,25-26,30-33,36-37,40,43,73H,4-21,24,27-29,34-35,38-39,41-42,44-72H2,1-3H3/b25-22-,26-23-,32-30-,33-31-,37-36-,43-40-. The third kappa shape index (κ3) is 67.6. The maximum absolute atomic E-state index is 13.0. The zero-order valence-electron chi connectivity index (χ0n) is 54.8. The van der Waals surface area contributed by atoms with E-state index in [2.05, 4.69) is 93.7 Å². The lowest BCUT2D eigenvalue weighted by Gasteiger charge is -2.18. The Morgan fingerprint density at radius 3 is 0.683 bits per heavy atom. The van der Waals surface area contributed by atoms with E-state index in [1.165, 1.54) is 244 Å². The predicted molar refractivity (Wildman–Crippen MR) is 358 cm³/mol. The maximum Gasteiger partial charge on any atom is 0.306 e. The molecule has 6 heteroatoms. The summed E-state index contributed by atoms with van der Waals surface area (Å²) in [5.41, 5.74) is 0. The average molecular weight is 1150 g/mol. The molecule has 0 saturated heterocycles. The fourth-order valence-corrected chi connectivity index (χ4v) is 10.5. The third-order valence-corrected chi connectivity index (χ3v) is 15.9. The van der Waals surface area contributed by atoms with E-state index in [0.717, 1.165) is 89.9 Å². The first-order valence-electron chi connectivity index (χ1n) is 35.9. The van der Waals surface area contributed by atoms with Crippen LogP contribution in [-0.4, -0.2) is 37.2 Å². The number of hydrogen-bond donors (Lipinski definition) is 0. The van der Waals surface area contributed by atoms with E-state index < -0.39 is 6.10 Å². The first-order chi connectivity index (χ1) is 40.5. The minimum absolute atomic E-state index is 0.0750. The van der Waals surface area contributed by atoms with E-state index in [1.54, 1.807) is 0 Å². The fourth-order valence-electron chi connectivity index (χ4n) is 10.5. The number of esters is 3. The molecule has 476 valence electrons. The van der Waals surface area contributed by atoms with E-state index in [-0.39, 0.29) is 31.1 Å². The normalized spacial score (nSPS) is 12.5. The van der Waals surface area contributed by atoms with Gasteiger partial charge in [0.1, 0.15) is 13.2 Å². The van der Waals surface area contributed by atoms with Crippen molar-refractivity contribution in [3.05, 3.63) is 72.9 Å². The first kappa shape index (κ1) is 78.8. The van der Waals surface area contributed by atoms with Gasteiger partial charge in [-0.25, -0.2) is 0 Å². The van der Waals surface area contributed by atoms with Gasteiger partial charge in [-0.3, -0.25) is 14.4 Å². The highest BCUT2D eigenvalue weighted by molar-refractivity contribution is 5.71. The Morgan fingerprint density at radius 1 is 0.244 bits per heavy atom. The largest absolute Gasteiger partial charge is 0.462 e. The van der Waals surface area contributed by atoms with Gasteiger partial charge in [0.2, 0.25) is 0 Å². The number of ether oxygens (including phenoxy) is 3. The second-order valence-electron chi connectivity index (χ2n) is 24.1. The minimum atomic E-state index is -0.780. The summed E-state index contributed by atoms with van der Waals surface area (Å²) in [6.07, 6.45) is 92.1. The van der Waals surface area contributed by atoms with Crippen molar-refractivity contribution >= 4 is 17.9 Å². The molecule has 1 unspecified atom stereocenters. The van der Waals surface area contributed by atoms with Crippen LogP contribution in [-0.2, 0) is 28.6 Å². The van der Waals surface area contributed by atoms with E-state index in [4.69, 9.17) is 14.2 Å². The first-order valence-corrected chi connectivity index (χ1v) is 35.9.